The molecule has 0 aliphatic carbocycles. The third-order valence-electron chi connectivity index (χ3n) is 7.37. The minimum atomic E-state index is -0.358. The van der Waals surface area contributed by atoms with Gasteiger partial charge in [0.15, 0.2) is 0 Å². The van der Waals surface area contributed by atoms with Gasteiger partial charge in [-0.2, -0.15) is 4.98 Å². The Morgan fingerprint density at radius 3 is 2.55 bits per heavy atom. The Kier molecular flexibility index (Phi) is 7.90. The van der Waals surface area contributed by atoms with E-state index in [0.29, 0.717) is 46.2 Å². The van der Waals surface area contributed by atoms with Crippen LogP contribution in [0, 0.1) is 5.82 Å². The van der Waals surface area contributed by atoms with E-state index >= 15 is 4.39 Å². The highest BCUT2D eigenvalue weighted by molar-refractivity contribution is 5.99. The van der Waals surface area contributed by atoms with Crippen LogP contribution in [0.15, 0.2) is 60.7 Å². The van der Waals surface area contributed by atoms with Crippen LogP contribution in [0.2, 0.25) is 0 Å². The van der Waals surface area contributed by atoms with Gasteiger partial charge in [-0.15, -0.1) is 0 Å². The van der Waals surface area contributed by atoms with Crippen LogP contribution in [0.3, 0.4) is 0 Å². The van der Waals surface area contributed by atoms with Gasteiger partial charge in [0.1, 0.15) is 24.0 Å². The Morgan fingerprint density at radius 1 is 0.950 bits per heavy atom. The number of nitrogens with one attached hydrogen (secondary N) is 2. The number of ether oxygens (including phenoxy) is 2. The SMILES string of the molecule is Nc1nc(Nc2ccc(N3CCNCC3)cc2)nc2c(-c3cc(OCCN4CCOCC4)ccc3F)cccc12. The highest BCUT2D eigenvalue weighted by atomic mass is 19.1. The predicted octanol–water partition coefficient (Wildman–Crippen LogP) is 3.88. The molecular formula is C30H34FN7O2. The molecule has 2 aliphatic rings. The molecule has 0 bridgehead atoms. The van der Waals surface area contributed by atoms with Crippen molar-refractivity contribution in [2.75, 3.05) is 81.6 Å². The number of fused-ring (bicyclic) bond motifs is 1. The number of halogens is 1. The van der Waals surface area contributed by atoms with E-state index in [1.807, 2.05) is 30.3 Å². The van der Waals surface area contributed by atoms with Crippen LogP contribution in [0.5, 0.6) is 5.75 Å². The lowest BCUT2D eigenvalue weighted by Crippen LogP contribution is -2.43. The monoisotopic (exact) mass is 543 g/mol. The van der Waals surface area contributed by atoms with Crippen molar-refractivity contribution in [3.8, 4) is 16.9 Å². The first-order valence-corrected chi connectivity index (χ1v) is 13.8. The highest BCUT2D eigenvalue weighted by Crippen LogP contribution is 2.34. The fraction of sp³-hybridized carbons (Fsp3) is 0.333. The second-order valence-electron chi connectivity index (χ2n) is 9.99. The lowest BCUT2D eigenvalue weighted by atomic mass is 10.0. The van der Waals surface area contributed by atoms with Gasteiger partial charge in [0.05, 0.1) is 18.7 Å². The van der Waals surface area contributed by atoms with Gasteiger partial charge in [0.2, 0.25) is 5.95 Å². The van der Waals surface area contributed by atoms with Crippen LogP contribution >= 0.6 is 0 Å². The van der Waals surface area contributed by atoms with E-state index in [9.17, 15) is 0 Å². The molecule has 0 saturated carbocycles. The molecular weight excluding hydrogens is 509 g/mol. The van der Waals surface area contributed by atoms with E-state index < -0.39 is 0 Å². The highest BCUT2D eigenvalue weighted by Gasteiger charge is 2.16. The smallest absolute Gasteiger partial charge is 0.229 e. The molecule has 0 atom stereocenters. The molecule has 4 N–H and O–H groups in total. The van der Waals surface area contributed by atoms with Crippen LogP contribution < -0.4 is 26.0 Å². The maximum Gasteiger partial charge on any atom is 0.229 e. The average molecular weight is 544 g/mol. The summed E-state index contributed by atoms with van der Waals surface area (Å²) in [5, 5.41) is 7.30. The molecule has 0 amide bonds. The molecule has 2 fully saturated rings. The number of nitrogens with zero attached hydrogens (tertiary/aromatic N) is 4. The minimum absolute atomic E-state index is 0.324. The number of hydrogen-bond donors (Lipinski definition) is 3. The van der Waals surface area contributed by atoms with Gasteiger partial charge in [0, 0.05) is 73.7 Å². The Hall–Kier alpha value is -3.99. The molecule has 4 aromatic rings. The summed E-state index contributed by atoms with van der Waals surface area (Å²) in [5.41, 5.74) is 9.96. The Labute approximate surface area is 233 Å². The molecule has 1 aromatic heterocycles. The molecule has 3 heterocycles. The second-order valence-corrected chi connectivity index (χ2v) is 9.99. The van der Waals surface area contributed by atoms with Crippen molar-refractivity contribution in [3.63, 3.8) is 0 Å². The molecule has 40 heavy (non-hydrogen) atoms. The molecule has 208 valence electrons. The van der Waals surface area contributed by atoms with Crippen molar-refractivity contribution >= 4 is 34.0 Å². The first-order valence-electron chi connectivity index (χ1n) is 13.8. The first-order chi connectivity index (χ1) is 19.6. The summed E-state index contributed by atoms with van der Waals surface area (Å²) in [7, 11) is 0. The number of nitrogens with two attached hydrogens (primary N) is 1. The molecule has 0 radical (unpaired) electrons. The van der Waals surface area contributed by atoms with Crippen molar-refractivity contribution in [1.82, 2.24) is 20.2 Å². The third-order valence-corrected chi connectivity index (χ3v) is 7.37. The predicted molar refractivity (Wildman–Crippen MR) is 157 cm³/mol. The summed E-state index contributed by atoms with van der Waals surface area (Å²) >= 11 is 0. The van der Waals surface area contributed by atoms with Crippen molar-refractivity contribution in [3.05, 3.63) is 66.5 Å². The number of nitrogen functional groups attached to an aromatic ring is 1. The van der Waals surface area contributed by atoms with E-state index in [-0.39, 0.29) is 5.82 Å². The zero-order valence-corrected chi connectivity index (χ0v) is 22.4. The van der Waals surface area contributed by atoms with Gasteiger partial charge in [-0.1, -0.05) is 12.1 Å². The van der Waals surface area contributed by atoms with Gasteiger partial charge in [-0.25, -0.2) is 9.37 Å². The van der Waals surface area contributed by atoms with Crippen LogP contribution in [0.4, 0.5) is 27.5 Å². The van der Waals surface area contributed by atoms with E-state index in [4.69, 9.17) is 20.2 Å². The Bertz CT molecular complexity index is 1450. The standard InChI is InChI=1S/C30H34FN7O2/c31-27-9-8-23(40-19-16-37-14-17-39-18-15-37)20-26(27)24-2-1-3-25-28(24)35-30(36-29(25)32)34-21-4-6-22(7-5-21)38-12-10-33-11-13-38/h1-9,20,33H,10-19H2,(H3,32,34,35,36). The number of para-hydroxylation sites is 1. The van der Waals surface area contributed by atoms with Crippen molar-refractivity contribution in [2.24, 2.45) is 0 Å². The van der Waals surface area contributed by atoms with E-state index in [0.717, 1.165) is 64.7 Å². The van der Waals surface area contributed by atoms with Crippen molar-refractivity contribution in [2.45, 2.75) is 0 Å². The van der Waals surface area contributed by atoms with Gasteiger partial charge < -0.3 is 30.7 Å². The topological polar surface area (TPSA) is 101 Å². The fourth-order valence-corrected chi connectivity index (χ4v) is 5.17. The van der Waals surface area contributed by atoms with E-state index in [1.165, 1.54) is 11.8 Å². The molecule has 0 spiro atoms. The van der Waals surface area contributed by atoms with Gasteiger partial charge in [0.25, 0.3) is 0 Å². The number of benzene rings is 3. The van der Waals surface area contributed by atoms with Crippen molar-refractivity contribution < 1.29 is 13.9 Å². The largest absolute Gasteiger partial charge is 0.492 e. The van der Waals surface area contributed by atoms with Gasteiger partial charge in [-0.3, -0.25) is 4.90 Å². The van der Waals surface area contributed by atoms with Crippen LogP contribution in [0.1, 0.15) is 0 Å². The van der Waals surface area contributed by atoms with Gasteiger partial charge in [-0.05, 0) is 48.5 Å². The summed E-state index contributed by atoms with van der Waals surface area (Å²) < 4.78 is 26.6. The Balaban J connectivity index is 1.23. The van der Waals surface area contributed by atoms with Crippen molar-refractivity contribution in [1.29, 1.82) is 0 Å². The van der Waals surface area contributed by atoms with Crippen LogP contribution in [-0.4, -0.2) is 80.5 Å². The van der Waals surface area contributed by atoms with Crippen LogP contribution in [0.25, 0.3) is 22.0 Å². The fourth-order valence-electron chi connectivity index (χ4n) is 5.17. The number of hydrogen-bond acceptors (Lipinski definition) is 9. The number of aromatic nitrogens is 2. The first kappa shape index (κ1) is 26.2. The lowest BCUT2D eigenvalue weighted by Gasteiger charge is -2.29. The number of rotatable bonds is 8. The summed E-state index contributed by atoms with van der Waals surface area (Å²) in [5.74, 6) is 0.922. The molecule has 2 saturated heterocycles. The van der Waals surface area contributed by atoms with E-state index in [1.54, 1.807) is 12.1 Å². The lowest BCUT2D eigenvalue weighted by molar-refractivity contribution is 0.0322. The minimum Gasteiger partial charge on any atom is -0.492 e. The maximum absolute atomic E-state index is 15.2. The number of morpholine rings is 1. The summed E-state index contributed by atoms with van der Waals surface area (Å²) in [4.78, 5) is 13.9. The second kappa shape index (κ2) is 12.0. The average Bonchev–Trinajstić information content (AvgIpc) is 2.99. The zero-order valence-electron chi connectivity index (χ0n) is 22.4. The maximum atomic E-state index is 15.2. The zero-order chi connectivity index (χ0) is 27.3. The summed E-state index contributed by atoms with van der Waals surface area (Å²) in [6, 6.07) is 18.5. The molecule has 2 aliphatic heterocycles. The molecule has 3 aromatic carbocycles. The third kappa shape index (κ3) is 5.94. The molecule has 9 nitrogen and oxygen atoms in total. The van der Waals surface area contributed by atoms with Gasteiger partial charge >= 0.3 is 0 Å². The van der Waals surface area contributed by atoms with E-state index in [2.05, 4.69) is 37.6 Å². The molecule has 10 heteroatoms. The molecule has 0 unspecified atom stereocenters. The molecule has 6 rings (SSSR count). The Morgan fingerprint density at radius 2 is 1.75 bits per heavy atom. The normalized spacial score (nSPS) is 16.3. The summed E-state index contributed by atoms with van der Waals surface area (Å²) in [6.07, 6.45) is 0. The van der Waals surface area contributed by atoms with Crippen LogP contribution in [-0.2, 0) is 4.74 Å². The quantitative estimate of drug-likeness (QED) is 0.306. The number of anilines is 4. The number of piperazine rings is 1. The summed E-state index contributed by atoms with van der Waals surface area (Å²) in [6.45, 7) is 8.51.